The summed E-state index contributed by atoms with van der Waals surface area (Å²) in [5.74, 6) is -4.10. The van der Waals surface area contributed by atoms with E-state index in [0.717, 1.165) is 4.90 Å². The van der Waals surface area contributed by atoms with Crippen molar-refractivity contribution in [2.45, 2.75) is 12.5 Å². The minimum Gasteiger partial charge on any atom is -0.548 e. The molecule has 0 aliphatic heterocycles. The maximum Gasteiger partial charge on any atom is 1.00 e. The van der Waals surface area contributed by atoms with E-state index in [1.807, 2.05) is 0 Å². The molecule has 0 saturated heterocycles. The number of carbonyl (C=O) groups excluding carboxylic acids is 1. The first-order valence-corrected chi connectivity index (χ1v) is 5.82. The van der Waals surface area contributed by atoms with Gasteiger partial charge in [-0.3, -0.25) is 14.5 Å². The van der Waals surface area contributed by atoms with Crippen LogP contribution < -0.4 is 34.7 Å². The molecule has 0 spiro atoms. The molecular formula is C13H14NNaO6. The van der Waals surface area contributed by atoms with Gasteiger partial charge in [0, 0.05) is 0 Å². The van der Waals surface area contributed by atoms with Crippen molar-refractivity contribution in [3.05, 3.63) is 35.9 Å². The predicted octanol–water partition coefficient (Wildman–Crippen LogP) is -4.18. The molecule has 108 valence electrons. The number of aliphatic carboxylic acids is 3. The molecule has 0 heterocycles. The second kappa shape index (κ2) is 9.51. The molecule has 7 nitrogen and oxygen atoms in total. The summed E-state index contributed by atoms with van der Waals surface area (Å²) in [5, 5.41) is 28.7. The van der Waals surface area contributed by atoms with Gasteiger partial charge < -0.3 is 20.1 Å². The summed E-state index contributed by atoms with van der Waals surface area (Å²) in [6.07, 6.45) is -0.0241. The summed E-state index contributed by atoms with van der Waals surface area (Å²) >= 11 is 0. The smallest absolute Gasteiger partial charge is 0.548 e. The van der Waals surface area contributed by atoms with Gasteiger partial charge in [-0.15, -0.1) is 0 Å². The molecule has 1 aromatic carbocycles. The number of hydrogen-bond acceptors (Lipinski definition) is 5. The molecule has 1 aromatic rings. The minimum absolute atomic E-state index is 0. The van der Waals surface area contributed by atoms with Crippen LogP contribution in [0.4, 0.5) is 0 Å². The van der Waals surface area contributed by atoms with Gasteiger partial charge >= 0.3 is 41.5 Å². The van der Waals surface area contributed by atoms with Crippen LogP contribution in [-0.2, 0) is 20.8 Å². The average molecular weight is 303 g/mol. The molecule has 0 aliphatic rings. The van der Waals surface area contributed by atoms with E-state index in [0.29, 0.717) is 5.56 Å². The molecule has 0 radical (unpaired) electrons. The number of hydrogen-bond donors (Lipinski definition) is 2. The van der Waals surface area contributed by atoms with Crippen molar-refractivity contribution < 1.29 is 59.3 Å². The molecule has 0 bridgehead atoms. The Morgan fingerprint density at radius 3 is 1.90 bits per heavy atom. The third-order valence-corrected chi connectivity index (χ3v) is 2.66. The van der Waals surface area contributed by atoms with Gasteiger partial charge in [-0.1, -0.05) is 30.3 Å². The monoisotopic (exact) mass is 303 g/mol. The van der Waals surface area contributed by atoms with Gasteiger partial charge in [0.15, 0.2) is 0 Å². The fraction of sp³-hybridized carbons (Fsp3) is 0.308. The first kappa shape index (κ1) is 19.6. The van der Waals surface area contributed by atoms with E-state index in [4.69, 9.17) is 10.2 Å². The average Bonchev–Trinajstić information content (AvgIpc) is 2.35. The Balaban J connectivity index is 0.00000400. The predicted molar refractivity (Wildman–Crippen MR) is 65.8 cm³/mol. The summed E-state index contributed by atoms with van der Waals surface area (Å²) in [6.45, 7) is -1.37. The van der Waals surface area contributed by atoms with Crippen molar-refractivity contribution in [3.8, 4) is 0 Å². The standard InChI is InChI=1S/C13H15NO6.Na/c15-11(16)7-14(8-12(17)18)10(13(19)20)6-9-4-2-1-3-5-9;/h1-5,10H,6-8H2,(H,15,16)(H,17,18)(H,19,20);/q;+1/p-1/t10-;/m0./s1. The Morgan fingerprint density at radius 2 is 1.52 bits per heavy atom. The molecule has 2 N–H and O–H groups in total. The number of rotatable bonds is 8. The summed E-state index contributed by atoms with van der Waals surface area (Å²) in [7, 11) is 0. The fourth-order valence-electron chi connectivity index (χ4n) is 1.82. The molecule has 0 saturated carbocycles. The van der Waals surface area contributed by atoms with E-state index >= 15 is 0 Å². The van der Waals surface area contributed by atoms with Crippen LogP contribution in [0, 0.1) is 0 Å². The maximum atomic E-state index is 11.2. The second-order valence-electron chi connectivity index (χ2n) is 4.22. The van der Waals surface area contributed by atoms with Crippen LogP contribution in [0.25, 0.3) is 0 Å². The summed E-state index contributed by atoms with van der Waals surface area (Å²) < 4.78 is 0. The second-order valence-corrected chi connectivity index (χ2v) is 4.22. The fourth-order valence-corrected chi connectivity index (χ4v) is 1.82. The summed E-state index contributed by atoms with van der Waals surface area (Å²) in [4.78, 5) is 33.5. The van der Waals surface area contributed by atoms with Crippen molar-refractivity contribution in [3.63, 3.8) is 0 Å². The number of benzene rings is 1. The van der Waals surface area contributed by atoms with Crippen LogP contribution in [-0.4, -0.2) is 52.2 Å². The normalized spacial score (nSPS) is 11.5. The van der Waals surface area contributed by atoms with E-state index in [2.05, 4.69) is 0 Å². The van der Waals surface area contributed by atoms with Crippen molar-refractivity contribution in [2.24, 2.45) is 0 Å². The number of carbonyl (C=O) groups is 3. The van der Waals surface area contributed by atoms with Crippen LogP contribution in [0.1, 0.15) is 5.56 Å². The maximum absolute atomic E-state index is 11.2. The molecule has 0 unspecified atom stereocenters. The molecular weight excluding hydrogens is 289 g/mol. The van der Waals surface area contributed by atoms with Crippen LogP contribution in [0.15, 0.2) is 30.3 Å². The summed E-state index contributed by atoms with van der Waals surface area (Å²) in [5.41, 5.74) is 0.655. The zero-order chi connectivity index (χ0) is 15.1. The van der Waals surface area contributed by atoms with Crippen LogP contribution in [0.5, 0.6) is 0 Å². The first-order chi connectivity index (χ1) is 9.40. The molecule has 0 amide bonds. The molecule has 8 heteroatoms. The molecule has 21 heavy (non-hydrogen) atoms. The zero-order valence-electron chi connectivity index (χ0n) is 11.6. The van der Waals surface area contributed by atoms with Gasteiger partial charge in [-0.05, 0) is 12.0 Å². The first-order valence-electron chi connectivity index (χ1n) is 5.82. The van der Waals surface area contributed by atoms with Gasteiger partial charge in [0.1, 0.15) is 0 Å². The van der Waals surface area contributed by atoms with Gasteiger partial charge in [0.25, 0.3) is 0 Å². The van der Waals surface area contributed by atoms with Gasteiger partial charge in [-0.25, -0.2) is 0 Å². The third kappa shape index (κ3) is 7.24. The Morgan fingerprint density at radius 1 is 1.05 bits per heavy atom. The Bertz CT molecular complexity index is 477. The quantitative estimate of drug-likeness (QED) is 0.468. The van der Waals surface area contributed by atoms with Crippen molar-refractivity contribution in [1.82, 2.24) is 4.90 Å². The Labute approximate surface area is 143 Å². The van der Waals surface area contributed by atoms with Gasteiger partial charge in [0.05, 0.1) is 25.1 Å². The van der Waals surface area contributed by atoms with Crippen molar-refractivity contribution in [1.29, 1.82) is 0 Å². The number of nitrogens with zero attached hydrogens (tertiary/aromatic N) is 1. The molecule has 0 aromatic heterocycles. The van der Waals surface area contributed by atoms with Crippen LogP contribution >= 0.6 is 0 Å². The van der Waals surface area contributed by atoms with Crippen LogP contribution in [0.3, 0.4) is 0 Å². The van der Waals surface area contributed by atoms with E-state index < -0.39 is 37.0 Å². The molecule has 1 rings (SSSR count). The van der Waals surface area contributed by atoms with Crippen LogP contribution in [0.2, 0.25) is 0 Å². The molecule has 1 atom stereocenters. The van der Waals surface area contributed by atoms with E-state index in [9.17, 15) is 19.5 Å². The van der Waals surface area contributed by atoms with Crippen molar-refractivity contribution in [2.75, 3.05) is 13.1 Å². The minimum atomic E-state index is -1.50. The third-order valence-electron chi connectivity index (χ3n) is 2.66. The van der Waals surface area contributed by atoms with E-state index in [1.165, 1.54) is 0 Å². The van der Waals surface area contributed by atoms with Gasteiger partial charge in [0.2, 0.25) is 0 Å². The largest absolute Gasteiger partial charge is 1.00 e. The Kier molecular flexibility index (Phi) is 8.87. The van der Waals surface area contributed by atoms with E-state index in [-0.39, 0.29) is 36.0 Å². The van der Waals surface area contributed by atoms with Crippen molar-refractivity contribution >= 4 is 17.9 Å². The number of carboxylic acid groups (broad SMARTS) is 3. The molecule has 0 aliphatic carbocycles. The van der Waals surface area contributed by atoms with E-state index in [1.54, 1.807) is 30.3 Å². The SMILES string of the molecule is O=C(O)CN(CC(=O)O)[C@@H](Cc1ccccc1)C(=O)[O-].[Na+]. The zero-order valence-corrected chi connectivity index (χ0v) is 13.6. The Hall–Kier alpha value is -1.41. The van der Waals surface area contributed by atoms with Gasteiger partial charge in [-0.2, -0.15) is 0 Å². The summed E-state index contributed by atoms with van der Waals surface area (Å²) in [6, 6.07) is 7.21. The number of carboxylic acids is 3. The topological polar surface area (TPSA) is 118 Å². The molecule has 0 fully saturated rings.